The van der Waals surface area contributed by atoms with E-state index < -0.39 is 0 Å². The molecule has 0 heterocycles. The van der Waals surface area contributed by atoms with Gasteiger partial charge in [0, 0.05) is 5.54 Å². The summed E-state index contributed by atoms with van der Waals surface area (Å²) in [5.74, 6) is 0.908. The smallest absolute Gasteiger partial charge is 0.00970 e. The molecule has 0 aliphatic carbocycles. The molecular weight excluding hydrogens is 158 g/mol. The Balaban J connectivity index is 3.25. The highest BCUT2D eigenvalue weighted by Crippen LogP contribution is 2.16. The quantitative estimate of drug-likeness (QED) is 0.601. The molecule has 0 aromatic rings. The van der Waals surface area contributed by atoms with Gasteiger partial charge in [0.1, 0.15) is 0 Å². The van der Waals surface area contributed by atoms with Crippen LogP contribution in [-0.2, 0) is 0 Å². The normalized spacial score (nSPS) is 14.5. The second-order valence-corrected chi connectivity index (χ2v) is 5.13. The summed E-state index contributed by atoms with van der Waals surface area (Å²) in [6.07, 6.45) is 7.88. The Hall–Kier alpha value is -0.0400. The molecule has 0 aromatic heterocycles. The molecule has 0 rings (SSSR count). The Morgan fingerprint density at radius 3 is 2.23 bits per heavy atom. The van der Waals surface area contributed by atoms with Crippen LogP contribution in [0, 0.1) is 5.92 Å². The maximum atomic E-state index is 5.91. The third kappa shape index (κ3) is 9.88. The van der Waals surface area contributed by atoms with Gasteiger partial charge in [-0.1, -0.05) is 46.0 Å². The van der Waals surface area contributed by atoms with Crippen LogP contribution in [0.3, 0.4) is 0 Å². The lowest BCUT2D eigenvalue weighted by molar-refractivity contribution is 0.410. The van der Waals surface area contributed by atoms with E-state index in [-0.39, 0.29) is 5.54 Å². The average Bonchev–Trinajstić information content (AvgIpc) is 1.97. The number of nitrogens with two attached hydrogens (primary N) is 1. The average molecular weight is 185 g/mol. The van der Waals surface area contributed by atoms with E-state index in [2.05, 4.69) is 27.7 Å². The predicted molar refractivity (Wildman–Crippen MR) is 60.8 cm³/mol. The van der Waals surface area contributed by atoms with E-state index in [0.717, 1.165) is 12.3 Å². The van der Waals surface area contributed by atoms with Crippen LogP contribution in [0.1, 0.15) is 66.2 Å². The highest BCUT2D eigenvalue weighted by Gasteiger charge is 2.09. The van der Waals surface area contributed by atoms with E-state index in [1.165, 1.54) is 32.1 Å². The monoisotopic (exact) mass is 185 g/mol. The van der Waals surface area contributed by atoms with Gasteiger partial charge in [-0.2, -0.15) is 0 Å². The van der Waals surface area contributed by atoms with Crippen molar-refractivity contribution in [2.24, 2.45) is 11.7 Å². The van der Waals surface area contributed by atoms with Gasteiger partial charge in [-0.25, -0.2) is 0 Å². The fourth-order valence-corrected chi connectivity index (χ4v) is 1.71. The Kier molecular flexibility index (Phi) is 6.40. The highest BCUT2D eigenvalue weighted by atomic mass is 14.7. The zero-order chi connectivity index (χ0) is 10.3. The number of rotatable bonds is 7. The van der Waals surface area contributed by atoms with Crippen molar-refractivity contribution < 1.29 is 0 Å². The lowest BCUT2D eigenvalue weighted by atomic mass is 9.94. The molecule has 1 nitrogen and oxygen atoms in total. The first-order valence-corrected chi connectivity index (χ1v) is 5.74. The molecule has 0 radical (unpaired) electrons. The standard InChI is InChI=1S/C12H27N/c1-5-8-11(2)9-6-7-10-12(3,4)13/h11H,5-10,13H2,1-4H3. The summed E-state index contributed by atoms with van der Waals surface area (Å²) in [5.41, 5.74) is 5.95. The molecule has 0 bridgehead atoms. The van der Waals surface area contributed by atoms with Crippen LogP contribution < -0.4 is 5.73 Å². The van der Waals surface area contributed by atoms with Crippen LogP contribution in [0.15, 0.2) is 0 Å². The van der Waals surface area contributed by atoms with Gasteiger partial charge in [0.2, 0.25) is 0 Å². The van der Waals surface area contributed by atoms with E-state index in [9.17, 15) is 0 Å². The summed E-state index contributed by atoms with van der Waals surface area (Å²) < 4.78 is 0. The first-order valence-electron chi connectivity index (χ1n) is 5.74. The summed E-state index contributed by atoms with van der Waals surface area (Å²) in [7, 11) is 0. The van der Waals surface area contributed by atoms with Gasteiger partial charge in [0.05, 0.1) is 0 Å². The SMILES string of the molecule is CCCC(C)CCCCC(C)(C)N. The van der Waals surface area contributed by atoms with Crippen molar-refractivity contribution in [1.82, 2.24) is 0 Å². The van der Waals surface area contributed by atoms with E-state index in [4.69, 9.17) is 5.73 Å². The molecule has 2 N–H and O–H groups in total. The van der Waals surface area contributed by atoms with Gasteiger partial charge in [0.15, 0.2) is 0 Å². The van der Waals surface area contributed by atoms with Crippen molar-refractivity contribution in [3.63, 3.8) is 0 Å². The highest BCUT2D eigenvalue weighted by molar-refractivity contribution is 4.71. The molecule has 0 aliphatic rings. The fraction of sp³-hybridized carbons (Fsp3) is 1.00. The minimum atomic E-state index is 0.0357. The molecule has 0 fully saturated rings. The molecule has 0 aromatic carbocycles. The van der Waals surface area contributed by atoms with Gasteiger partial charge < -0.3 is 5.73 Å². The molecule has 1 heteroatoms. The second kappa shape index (κ2) is 6.42. The molecule has 1 atom stereocenters. The molecule has 80 valence electrons. The van der Waals surface area contributed by atoms with Gasteiger partial charge in [0.25, 0.3) is 0 Å². The van der Waals surface area contributed by atoms with E-state index >= 15 is 0 Å². The molecule has 0 amide bonds. The molecule has 0 aliphatic heterocycles. The van der Waals surface area contributed by atoms with Crippen molar-refractivity contribution in [3.05, 3.63) is 0 Å². The molecule has 1 unspecified atom stereocenters. The minimum Gasteiger partial charge on any atom is -0.326 e. The van der Waals surface area contributed by atoms with Crippen molar-refractivity contribution in [2.75, 3.05) is 0 Å². The summed E-state index contributed by atoms with van der Waals surface area (Å²) in [4.78, 5) is 0. The predicted octanol–water partition coefficient (Wildman–Crippen LogP) is 3.72. The first-order chi connectivity index (χ1) is 5.95. The molecule has 13 heavy (non-hydrogen) atoms. The van der Waals surface area contributed by atoms with Crippen LogP contribution in [0.2, 0.25) is 0 Å². The van der Waals surface area contributed by atoms with Crippen molar-refractivity contribution >= 4 is 0 Å². The second-order valence-electron chi connectivity index (χ2n) is 5.13. The number of hydrogen-bond acceptors (Lipinski definition) is 1. The van der Waals surface area contributed by atoms with Crippen LogP contribution in [0.25, 0.3) is 0 Å². The largest absolute Gasteiger partial charge is 0.326 e. The van der Waals surface area contributed by atoms with Crippen LogP contribution in [0.5, 0.6) is 0 Å². The zero-order valence-corrected chi connectivity index (χ0v) is 9.90. The summed E-state index contributed by atoms with van der Waals surface area (Å²) >= 11 is 0. The van der Waals surface area contributed by atoms with Crippen LogP contribution in [-0.4, -0.2) is 5.54 Å². The van der Waals surface area contributed by atoms with Gasteiger partial charge in [-0.15, -0.1) is 0 Å². The van der Waals surface area contributed by atoms with Crippen molar-refractivity contribution in [2.45, 2.75) is 71.8 Å². The van der Waals surface area contributed by atoms with Crippen molar-refractivity contribution in [3.8, 4) is 0 Å². The lowest BCUT2D eigenvalue weighted by Gasteiger charge is -2.18. The Morgan fingerprint density at radius 2 is 1.77 bits per heavy atom. The number of hydrogen-bond donors (Lipinski definition) is 1. The lowest BCUT2D eigenvalue weighted by Crippen LogP contribution is -2.31. The van der Waals surface area contributed by atoms with Gasteiger partial charge in [-0.3, -0.25) is 0 Å². The Bertz CT molecular complexity index is 113. The van der Waals surface area contributed by atoms with Crippen molar-refractivity contribution in [1.29, 1.82) is 0 Å². The molecule has 0 spiro atoms. The Labute approximate surface area is 84.1 Å². The third-order valence-corrected chi connectivity index (χ3v) is 2.55. The van der Waals surface area contributed by atoms with E-state index in [1.54, 1.807) is 0 Å². The van der Waals surface area contributed by atoms with Crippen LogP contribution in [0.4, 0.5) is 0 Å². The number of unbranched alkanes of at least 4 members (excludes halogenated alkanes) is 1. The molecule has 0 saturated heterocycles. The first kappa shape index (κ1) is 13.0. The zero-order valence-electron chi connectivity index (χ0n) is 9.90. The van der Waals surface area contributed by atoms with Gasteiger partial charge >= 0.3 is 0 Å². The summed E-state index contributed by atoms with van der Waals surface area (Å²) in [6, 6.07) is 0. The molecular formula is C12H27N. The summed E-state index contributed by atoms with van der Waals surface area (Å²) in [5, 5.41) is 0. The summed E-state index contributed by atoms with van der Waals surface area (Å²) in [6.45, 7) is 8.85. The fourth-order valence-electron chi connectivity index (χ4n) is 1.71. The van der Waals surface area contributed by atoms with Crippen LogP contribution >= 0.6 is 0 Å². The van der Waals surface area contributed by atoms with Gasteiger partial charge in [-0.05, 0) is 26.2 Å². The van der Waals surface area contributed by atoms with E-state index in [1.807, 2.05) is 0 Å². The maximum absolute atomic E-state index is 5.91. The molecule has 0 saturated carbocycles. The topological polar surface area (TPSA) is 26.0 Å². The minimum absolute atomic E-state index is 0.0357. The third-order valence-electron chi connectivity index (χ3n) is 2.55. The maximum Gasteiger partial charge on any atom is 0.00970 e. The Morgan fingerprint density at radius 1 is 1.15 bits per heavy atom. The van der Waals surface area contributed by atoms with E-state index in [0.29, 0.717) is 0 Å².